The first-order valence-electron chi connectivity index (χ1n) is 7.80. The van der Waals surface area contributed by atoms with Crippen LogP contribution < -0.4 is 5.73 Å². The molecule has 0 heterocycles. The van der Waals surface area contributed by atoms with Crippen molar-refractivity contribution in [3.8, 4) is 0 Å². The summed E-state index contributed by atoms with van der Waals surface area (Å²) >= 11 is 0. The number of hydrogen-bond acceptors (Lipinski definition) is 3. The topological polar surface area (TPSA) is 66.6 Å². The quantitative estimate of drug-likeness (QED) is 0.732. The zero-order chi connectivity index (χ0) is 16.8. The SMILES string of the molecule is CCN(Cc1ccccc1)S(=O)(=O)N(C)CCC(N)C(C)C.Cl. The minimum Gasteiger partial charge on any atom is -0.327 e. The number of nitrogens with two attached hydrogens (primary N) is 1. The predicted octanol–water partition coefficient (Wildman–Crippen LogP) is 2.48. The molecule has 1 atom stereocenters. The van der Waals surface area contributed by atoms with Gasteiger partial charge in [0.2, 0.25) is 0 Å². The normalized spacial score (nSPS) is 13.4. The van der Waals surface area contributed by atoms with Crippen molar-refractivity contribution < 1.29 is 8.42 Å². The Hall–Kier alpha value is -0.660. The highest BCUT2D eigenvalue weighted by atomic mass is 35.5. The van der Waals surface area contributed by atoms with Crippen LogP contribution in [0.5, 0.6) is 0 Å². The molecule has 1 unspecified atom stereocenters. The molecule has 0 spiro atoms. The number of rotatable bonds is 9. The summed E-state index contributed by atoms with van der Waals surface area (Å²) in [4.78, 5) is 0. The standard InChI is InChI=1S/C16H29N3O2S.ClH/c1-5-19(13-15-9-7-6-8-10-15)22(20,21)18(4)12-11-16(17)14(2)3;/h6-10,14,16H,5,11-13,17H2,1-4H3;1H. The molecule has 0 saturated carbocycles. The molecule has 23 heavy (non-hydrogen) atoms. The third-order valence-electron chi connectivity index (χ3n) is 3.91. The Balaban J connectivity index is 0.00000484. The second-order valence-corrected chi connectivity index (χ2v) is 7.97. The van der Waals surface area contributed by atoms with E-state index in [0.29, 0.717) is 32.0 Å². The molecule has 1 aromatic rings. The Bertz CT molecular complexity index is 538. The Kier molecular flexibility index (Phi) is 9.96. The molecule has 0 aliphatic rings. The van der Waals surface area contributed by atoms with Gasteiger partial charge in [0.1, 0.15) is 0 Å². The predicted molar refractivity (Wildman–Crippen MR) is 98.8 cm³/mol. The van der Waals surface area contributed by atoms with E-state index in [4.69, 9.17) is 5.73 Å². The first-order chi connectivity index (χ1) is 10.3. The molecule has 7 heteroatoms. The molecule has 1 aromatic carbocycles. The maximum atomic E-state index is 12.7. The third kappa shape index (κ3) is 6.77. The summed E-state index contributed by atoms with van der Waals surface area (Å²) in [7, 11) is -1.84. The molecule has 134 valence electrons. The summed E-state index contributed by atoms with van der Waals surface area (Å²) in [6.45, 7) is 7.22. The van der Waals surface area contributed by atoms with E-state index in [0.717, 1.165) is 5.56 Å². The molecular formula is C16H30ClN3O2S. The molecule has 0 bridgehead atoms. The van der Waals surface area contributed by atoms with Gasteiger partial charge in [-0.25, -0.2) is 0 Å². The van der Waals surface area contributed by atoms with Gasteiger partial charge in [-0.2, -0.15) is 17.0 Å². The molecule has 2 N–H and O–H groups in total. The lowest BCUT2D eigenvalue weighted by Gasteiger charge is -2.28. The zero-order valence-corrected chi connectivity index (χ0v) is 16.1. The van der Waals surface area contributed by atoms with Gasteiger partial charge in [0.15, 0.2) is 0 Å². The Morgan fingerprint density at radius 3 is 2.22 bits per heavy atom. The van der Waals surface area contributed by atoms with E-state index in [2.05, 4.69) is 0 Å². The summed E-state index contributed by atoms with van der Waals surface area (Å²) in [6.07, 6.45) is 0.663. The van der Waals surface area contributed by atoms with Gasteiger partial charge < -0.3 is 5.73 Å². The Morgan fingerprint density at radius 1 is 1.17 bits per heavy atom. The van der Waals surface area contributed by atoms with E-state index in [1.54, 1.807) is 7.05 Å². The van der Waals surface area contributed by atoms with E-state index < -0.39 is 10.2 Å². The summed E-state index contributed by atoms with van der Waals surface area (Å²) in [6, 6.07) is 9.65. The van der Waals surface area contributed by atoms with E-state index in [-0.39, 0.29) is 18.4 Å². The van der Waals surface area contributed by atoms with Gasteiger partial charge in [-0.3, -0.25) is 0 Å². The van der Waals surface area contributed by atoms with Crippen molar-refractivity contribution in [1.82, 2.24) is 8.61 Å². The fraction of sp³-hybridized carbons (Fsp3) is 0.625. The highest BCUT2D eigenvalue weighted by Gasteiger charge is 2.26. The Morgan fingerprint density at radius 2 is 1.74 bits per heavy atom. The van der Waals surface area contributed by atoms with E-state index >= 15 is 0 Å². The number of halogens is 1. The lowest BCUT2D eigenvalue weighted by molar-refractivity contribution is 0.346. The number of nitrogens with zero attached hydrogens (tertiary/aromatic N) is 2. The summed E-state index contributed by atoms with van der Waals surface area (Å²) in [5.74, 6) is 0.350. The number of benzene rings is 1. The average Bonchev–Trinajstić information content (AvgIpc) is 2.50. The second-order valence-electron chi connectivity index (χ2n) is 5.94. The fourth-order valence-corrected chi connectivity index (χ4v) is 3.49. The molecule has 0 aromatic heterocycles. The van der Waals surface area contributed by atoms with Crippen molar-refractivity contribution in [3.05, 3.63) is 35.9 Å². The summed E-state index contributed by atoms with van der Waals surface area (Å²) in [5, 5.41) is 0. The van der Waals surface area contributed by atoms with Gasteiger partial charge in [0, 0.05) is 32.7 Å². The molecule has 0 aliphatic heterocycles. The van der Waals surface area contributed by atoms with E-state index in [1.165, 1.54) is 8.61 Å². The van der Waals surface area contributed by atoms with Crippen molar-refractivity contribution in [2.24, 2.45) is 11.7 Å². The van der Waals surface area contributed by atoms with Crippen LogP contribution in [0.1, 0.15) is 32.8 Å². The second kappa shape index (κ2) is 10.3. The minimum atomic E-state index is -3.46. The fourth-order valence-electron chi connectivity index (χ4n) is 2.12. The third-order valence-corrected chi connectivity index (χ3v) is 5.92. The molecule has 0 fully saturated rings. The van der Waals surface area contributed by atoms with E-state index in [1.807, 2.05) is 51.1 Å². The van der Waals surface area contributed by atoms with Crippen LogP contribution in [0.2, 0.25) is 0 Å². The molecule has 0 radical (unpaired) electrons. The number of hydrogen-bond donors (Lipinski definition) is 1. The molecule has 1 rings (SSSR count). The van der Waals surface area contributed by atoms with Crippen LogP contribution in [0.3, 0.4) is 0 Å². The van der Waals surface area contributed by atoms with Crippen molar-refractivity contribution in [3.63, 3.8) is 0 Å². The van der Waals surface area contributed by atoms with Crippen LogP contribution in [0.15, 0.2) is 30.3 Å². The Labute approximate surface area is 147 Å². The van der Waals surface area contributed by atoms with Gasteiger partial charge in [0.05, 0.1) is 0 Å². The summed E-state index contributed by atoms with van der Waals surface area (Å²) in [5.41, 5.74) is 6.99. The van der Waals surface area contributed by atoms with Crippen LogP contribution in [0.25, 0.3) is 0 Å². The van der Waals surface area contributed by atoms with Crippen molar-refractivity contribution in [1.29, 1.82) is 0 Å². The minimum absolute atomic E-state index is 0. The van der Waals surface area contributed by atoms with Crippen LogP contribution in [-0.2, 0) is 16.8 Å². The molecule has 0 aliphatic carbocycles. The van der Waals surface area contributed by atoms with Crippen molar-refractivity contribution in [2.45, 2.75) is 39.8 Å². The van der Waals surface area contributed by atoms with Crippen LogP contribution in [-0.4, -0.2) is 43.2 Å². The lowest BCUT2D eigenvalue weighted by atomic mass is 10.0. The highest BCUT2D eigenvalue weighted by molar-refractivity contribution is 7.86. The lowest BCUT2D eigenvalue weighted by Crippen LogP contribution is -2.43. The molecule has 0 amide bonds. The van der Waals surface area contributed by atoms with Crippen LogP contribution in [0.4, 0.5) is 0 Å². The highest BCUT2D eigenvalue weighted by Crippen LogP contribution is 2.13. The summed E-state index contributed by atoms with van der Waals surface area (Å²) < 4.78 is 28.2. The molecule has 0 saturated heterocycles. The maximum Gasteiger partial charge on any atom is 0.282 e. The van der Waals surface area contributed by atoms with Gasteiger partial charge in [-0.05, 0) is 17.9 Å². The van der Waals surface area contributed by atoms with Gasteiger partial charge in [-0.15, -0.1) is 12.4 Å². The van der Waals surface area contributed by atoms with Gasteiger partial charge in [0.25, 0.3) is 10.2 Å². The van der Waals surface area contributed by atoms with Gasteiger partial charge in [-0.1, -0.05) is 51.1 Å². The largest absolute Gasteiger partial charge is 0.327 e. The van der Waals surface area contributed by atoms with Crippen LogP contribution in [0, 0.1) is 5.92 Å². The van der Waals surface area contributed by atoms with Crippen molar-refractivity contribution >= 4 is 22.6 Å². The zero-order valence-electron chi connectivity index (χ0n) is 14.5. The maximum absolute atomic E-state index is 12.7. The van der Waals surface area contributed by atoms with Crippen LogP contribution >= 0.6 is 12.4 Å². The van der Waals surface area contributed by atoms with E-state index in [9.17, 15) is 8.42 Å². The monoisotopic (exact) mass is 363 g/mol. The van der Waals surface area contributed by atoms with Crippen molar-refractivity contribution in [2.75, 3.05) is 20.1 Å². The molecule has 5 nitrogen and oxygen atoms in total. The molecular weight excluding hydrogens is 334 g/mol. The first kappa shape index (κ1) is 22.3. The average molecular weight is 364 g/mol. The van der Waals surface area contributed by atoms with Gasteiger partial charge >= 0.3 is 0 Å². The first-order valence-corrected chi connectivity index (χ1v) is 9.19. The smallest absolute Gasteiger partial charge is 0.282 e.